The summed E-state index contributed by atoms with van der Waals surface area (Å²) in [7, 11) is 0. The minimum absolute atomic E-state index is 0.955. The maximum absolute atomic E-state index is 4.45. The lowest BCUT2D eigenvalue weighted by molar-refractivity contribution is 0.742. The van der Waals surface area contributed by atoms with Gasteiger partial charge in [-0.2, -0.15) is 0 Å². The van der Waals surface area contributed by atoms with Crippen molar-refractivity contribution in [2.45, 2.75) is 13.3 Å². The molecule has 1 aromatic carbocycles. The molecule has 0 saturated heterocycles. The molecule has 2 rings (SSSR count). The Hall–Kier alpha value is -1.31. The van der Waals surface area contributed by atoms with E-state index in [4.69, 9.17) is 0 Å². The van der Waals surface area contributed by atoms with Crippen LogP contribution in [-0.4, -0.2) is 18.9 Å². The van der Waals surface area contributed by atoms with Gasteiger partial charge in [0.1, 0.15) is 5.84 Å². The first kappa shape index (κ1) is 8.30. The standard InChI is InChI=1S/C11H14N2/c1-9-4-2-5-10(8-9)11-12-6-3-7-13-11/h2,4-5,8H,3,6-7H2,1H3,(H,12,13). The fraction of sp³-hybridized carbons (Fsp3) is 0.364. The predicted octanol–water partition coefficient (Wildman–Crippen LogP) is 1.73. The van der Waals surface area contributed by atoms with Gasteiger partial charge < -0.3 is 5.32 Å². The van der Waals surface area contributed by atoms with Gasteiger partial charge in [0, 0.05) is 18.7 Å². The number of benzene rings is 1. The molecule has 1 N–H and O–H groups in total. The van der Waals surface area contributed by atoms with Crippen molar-refractivity contribution >= 4 is 5.84 Å². The molecule has 1 aliphatic heterocycles. The van der Waals surface area contributed by atoms with Crippen molar-refractivity contribution in [3.63, 3.8) is 0 Å². The van der Waals surface area contributed by atoms with Crippen LogP contribution < -0.4 is 5.32 Å². The van der Waals surface area contributed by atoms with E-state index in [-0.39, 0.29) is 0 Å². The van der Waals surface area contributed by atoms with Crippen molar-refractivity contribution < 1.29 is 0 Å². The van der Waals surface area contributed by atoms with Crippen molar-refractivity contribution in [2.75, 3.05) is 13.1 Å². The van der Waals surface area contributed by atoms with E-state index in [1.165, 1.54) is 11.1 Å². The Labute approximate surface area is 78.7 Å². The van der Waals surface area contributed by atoms with Gasteiger partial charge in [-0.25, -0.2) is 0 Å². The minimum atomic E-state index is 0.955. The number of aryl methyl sites for hydroxylation is 1. The number of nitrogens with zero attached hydrogens (tertiary/aromatic N) is 1. The first-order chi connectivity index (χ1) is 6.36. The largest absolute Gasteiger partial charge is 0.370 e. The van der Waals surface area contributed by atoms with Gasteiger partial charge >= 0.3 is 0 Å². The van der Waals surface area contributed by atoms with Crippen LogP contribution in [0.4, 0.5) is 0 Å². The highest BCUT2D eigenvalue weighted by atomic mass is 15.0. The summed E-state index contributed by atoms with van der Waals surface area (Å²) >= 11 is 0. The fourth-order valence-corrected chi connectivity index (χ4v) is 1.52. The maximum Gasteiger partial charge on any atom is 0.128 e. The molecular formula is C11H14N2. The molecule has 68 valence electrons. The number of nitrogens with one attached hydrogen (secondary N) is 1. The maximum atomic E-state index is 4.45. The normalized spacial score (nSPS) is 16.2. The van der Waals surface area contributed by atoms with E-state index in [0.717, 1.165) is 25.3 Å². The van der Waals surface area contributed by atoms with Gasteiger partial charge in [-0.05, 0) is 19.4 Å². The van der Waals surface area contributed by atoms with Crippen LogP contribution in [0, 0.1) is 6.92 Å². The molecule has 0 aliphatic carbocycles. The van der Waals surface area contributed by atoms with Gasteiger partial charge in [0.25, 0.3) is 0 Å². The van der Waals surface area contributed by atoms with E-state index in [9.17, 15) is 0 Å². The quantitative estimate of drug-likeness (QED) is 0.689. The highest BCUT2D eigenvalue weighted by molar-refractivity contribution is 5.99. The Kier molecular flexibility index (Phi) is 2.30. The van der Waals surface area contributed by atoms with Crippen LogP contribution in [0.2, 0.25) is 0 Å². The van der Waals surface area contributed by atoms with Crippen LogP contribution >= 0.6 is 0 Å². The van der Waals surface area contributed by atoms with Crippen molar-refractivity contribution in [1.29, 1.82) is 0 Å². The summed E-state index contributed by atoms with van der Waals surface area (Å²) in [4.78, 5) is 4.45. The average Bonchev–Trinajstić information content (AvgIpc) is 2.19. The smallest absolute Gasteiger partial charge is 0.128 e. The van der Waals surface area contributed by atoms with E-state index in [1.54, 1.807) is 0 Å². The molecule has 0 fully saturated rings. The minimum Gasteiger partial charge on any atom is -0.370 e. The first-order valence-corrected chi connectivity index (χ1v) is 4.71. The molecule has 13 heavy (non-hydrogen) atoms. The summed E-state index contributed by atoms with van der Waals surface area (Å²) < 4.78 is 0. The van der Waals surface area contributed by atoms with Crippen LogP contribution in [0.5, 0.6) is 0 Å². The molecule has 0 aromatic heterocycles. The van der Waals surface area contributed by atoms with Gasteiger partial charge in [-0.15, -0.1) is 0 Å². The Morgan fingerprint density at radius 1 is 1.38 bits per heavy atom. The lowest BCUT2D eigenvalue weighted by Crippen LogP contribution is -2.30. The van der Waals surface area contributed by atoms with E-state index in [0.29, 0.717) is 0 Å². The molecule has 2 nitrogen and oxygen atoms in total. The lowest BCUT2D eigenvalue weighted by Gasteiger charge is -2.14. The molecular weight excluding hydrogens is 160 g/mol. The van der Waals surface area contributed by atoms with E-state index < -0.39 is 0 Å². The predicted molar refractivity (Wildman–Crippen MR) is 55.2 cm³/mol. The van der Waals surface area contributed by atoms with Crippen LogP contribution in [0.3, 0.4) is 0 Å². The highest BCUT2D eigenvalue weighted by Gasteiger charge is 2.05. The topological polar surface area (TPSA) is 24.4 Å². The first-order valence-electron chi connectivity index (χ1n) is 4.71. The summed E-state index contributed by atoms with van der Waals surface area (Å²) in [6.07, 6.45) is 1.15. The third-order valence-corrected chi connectivity index (χ3v) is 2.19. The molecule has 0 amide bonds. The Morgan fingerprint density at radius 3 is 3.00 bits per heavy atom. The second-order valence-corrected chi connectivity index (χ2v) is 3.38. The zero-order valence-electron chi connectivity index (χ0n) is 7.88. The van der Waals surface area contributed by atoms with Crippen LogP contribution in [0.1, 0.15) is 17.5 Å². The third kappa shape index (κ3) is 1.89. The summed E-state index contributed by atoms with van der Waals surface area (Å²) in [6, 6.07) is 8.44. The van der Waals surface area contributed by atoms with E-state index in [2.05, 4.69) is 41.5 Å². The fourth-order valence-electron chi connectivity index (χ4n) is 1.52. The molecule has 1 heterocycles. The molecule has 1 aliphatic rings. The Bertz CT molecular complexity index is 329. The van der Waals surface area contributed by atoms with Crippen LogP contribution in [0.25, 0.3) is 0 Å². The van der Waals surface area contributed by atoms with Crippen molar-refractivity contribution in [1.82, 2.24) is 5.32 Å². The van der Waals surface area contributed by atoms with Gasteiger partial charge in [-0.3, -0.25) is 4.99 Å². The van der Waals surface area contributed by atoms with Gasteiger partial charge in [0.15, 0.2) is 0 Å². The zero-order chi connectivity index (χ0) is 9.10. The zero-order valence-corrected chi connectivity index (χ0v) is 7.88. The highest BCUT2D eigenvalue weighted by Crippen LogP contribution is 2.06. The summed E-state index contributed by atoms with van der Waals surface area (Å²) in [5.41, 5.74) is 2.49. The molecule has 0 atom stereocenters. The van der Waals surface area contributed by atoms with Crippen LogP contribution in [0.15, 0.2) is 29.3 Å². The molecule has 0 bridgehead atoms. The number of rotatable bonds is 1. The number of aliphatic imine (C=N–C) groups is 1. The van der Waals surface area contributed by atoms with E-state index in [1.807, 2.05) is 0 Å². The molecule has 2 heteroatoms. The average molecular weight is 174 g/mol. The monoisotopic (exact) mass is 174 g/mol. The summed E-state index contributed by atoms with van der Waals surface area (Å²) in [5, 5.41) is 3.31. The van der Waals surface area contributed by atoms with Gasteiger partial charge in [-0.1, -0.05) is 23.8 Å². The molecule has 0 spiro atoms. The van der Waals surface area contributed by atoms with Crippen molar-refractivity contribution in [2.24, 2.45) is 4.99 Å². The number of amidine groups is 1. The van der Waals surface area contributed by atoms with Crippen molar-refractivity contribution in [3.8, 4) is 0 Å². The molecule has 0 saturated carbocycles. The molecule has 0 unspecified atom stereocenters. The second-order valence-electron chi connectivity index (χ2n) is 3.38. The Morgan fingerprint density at radius 2 is 2.31 bits per heavy atom. The number of hydrogen-bond donors (Lipinski definition) is 1. The Balaban J connectivity index is 2.29. The lowest BCUT2D eigenvalue weighted by atomic mass is 10.1. The number of hydrogen-bond acceptors (Lipinski definition) is 2. The van der Waals surface area contributed by atoms with Gasteiger partial charge in [0.05, 0.1) is 0 Å². The third-order valence-electron chi connectivity index (χ3n) is 2.19. The van der Waals surface area contributed by atoms with Gasteiger partial charge in [0.2, 0.25) is 0 Å². The van der Waals surface area contributed by atoms with Crippen LogP contribution in [-0.2, 0) is 0 Å². The van der Waals surface area contributed by atoms with Crippen molar-refractivity contribution in [3.05, 3.63) is 35.4 Å². The summed E-state index contributed by atoms with van der Waals surface area (Å²) in [5.74, 6) is 1.05. The SMILES string of the molecule is Cc1cccc(C2=NCCCN2)c1. The molecule has 1 aromatic rings. The molecule has 0 radical (unpaired) electrons. The second kappa shape index (κ2) is 3.60. The summed E-state index contributed by atoms with van der Waals surface area (Å²) in [6.45, 7) is 4.11. The van der Waals surface area contributed by atoms with E-state index >= 15 is 0 Å².